The van der Waals surface area contributed by atoms with Gasteiger partial charge < -0.3 is 9.84 Å². The molecule has 0 aliphatic heterocycles. The normalized spacial score (nSPS) is 12.3. The molecule has 0 aliphatic carbocycles. The molecule has 3 aromatic rings. The molecule has 6 nitrogen and oxygen atoms in total. The highest BCUT2D eigenvalue weighted by atomic mass is 32.2. The molecule has 0 spiro atoms. The summed E-state index contributed by atoms with van der Waals surface area (Å²) in [5.41, 5.74) is 0.868. The molecule has 0 saturated carbocycles. The van der Waals surface area contributed by atoms with E-state index >= 15 is 0 Å². The van der Waals surface area contributed by atoms with Gasteiger partial charge in [-0.15, -0.1) is 0 Å². The smallest absolute Gasteiger partial charge is 0.239 e. The summed E-state index contributed by atoms with van der Waals surface area (Å²) >= 11 is 1.43. The lowest BCUT2D eigenvalue weighted by Gasteiger charge is -2.13. The van der Waals surface area contributed by atoms with E-state index in [4.69, 9.17) is 4.52 Å². The first-order chi connectivity index (χ1) is 11.2. The number of nitrogens with one attached hydrogen (secondary N) is 1. The minimum Gasteiger partial charge on any atom is -0.360 e. The quantitative estimate of drug-likeness (QED) is 0.571. The van der Waals surface area contributed by atoms with Crippen molar-refractivity contribution in [3.8, 4) is 0 Å². The Morgan fingerprint density at radius 1 is 1.35 bits per heavy atom. The van der Waals surface area contributed by atoms with Crippen LogP contribution in [0.3, 0.4) is 0 Å². The molecule has 3 rings (SSSR count). The second-order valence-electron chi connectivity index (χ2n) is 5.02. The van der Waals surface area contributed by atoms with Crippen LogP contribution in [0.15, 0.2) is 46.2 Å². The van der Waals surface area contributed by atoms with Crippen molar-refractivity contribution in [2.24, 2.45) is 0 Å². The van der Waals surface area contributed by atoms with E-state index in [-0.39, 0.29) is 11.2 Å². The van der Waals surface area contributed by atoms with Crippen molar-refractivity contribution in [2.45, 2.75) is 30.5 Å². The van der Waals surface area contributed by atoms with Crippen molar-refractivity contribution in [2.75, 3.05) is 5.32 Å². The highest BCUT2D eigenvalue weighted by Gasteiger charge is 2.21. The molecule has 23 heavy (non-hydrogen) atoms. The standard InChI is InChI=1S/C16H16N4O2S/c1-3-13(15(21)19-14-8-10(2)22-20-14)23-16-11-6-4-5-7-12(11)17-9-18-16/h4-9,13H,3H2,1-2H3,(H,19,20,21). The van der Waals surface area contributed by atoms with Gasteiger partial charge in [0.2, 0.25) is 5.91 Å². The van der Waals surface area contributed by atoms with Gasteiger partial charge in [0.25, 0.3) is 0 Å². The van der Waals surface area contributed by atoms with Gasteiger partial charge in [-0.3, -0.25) is 4.79 Å². The van der Waals surface area contributed by atoms with E-state index in [9.17, 15) is 4.79 Å². The van der Waals surface area contributed by atoms with E-state index in [1.165, 1.54) is 18.1 Å². The van der Waals surface area contributed by atoms with Gasteiger partial charge in [0.15, 0.2) is 5.82 Å². The summed E-state index contributed by atoms with van der Waals surface area (Å²) in [5.74, 6) is 0.968. The number of para-hydroxylation sites is 1. The van der Waals surface area contributed by atoms with Crippen LogP contribution in [-0.2, 0) is 4.79 Å². The fourth-order valence-corrected chi connectivity index (χ4v) is 3.17. The second kappa shape index (κ2) is 6.78. The van der Waals surface area contributed by atoms with Gasteiger partial charge in [0, 0.05) is 11.5 Å². The zero-order chi connectivity index (χ0) is 16.2. The largest absolute Gasteiger partial charge is 0.360 e. The van der Waals surface area contributed by atoms with Crippen molar-refractivity contribution in [3.63, 3.8) is 0 Å². The van der Waals surface area contributed by atoms with Crippen LogP contribution < -0.4 is 5.32 Å². The zero-order valence-corrected chi connectivity index (χ0v) is 13.6. The highest BCUT2D eigenvalue weighted by molar-refractivity contribution is 8.00. The molecule has 0 radical (unpaired) electrons. The maximum atomic E-state index is 12.4. The number of rotatable bonds is 5. The fraction of sp³-hybridized carbons (Fsp3) is 0.250. The third-order valence-corrected chi connectivity index (χ3v) is 4.68. The molecule has 0 bridgehead atoms. The third-order valence-electron chi connectivity index (χ3n) is 3.30. The molecule has 2 aromatic heterocycles. The Labute approximate surface area is 137 Å². The number of anilines is 1. The molecule has 0 saturated heterocycles. The number of thioether (sulfide) groups is 1. The predicted molar refractivity (Wildman–Crippen MR) is 89.3 cm³/mol. The van der Waals surface area contributed by atoms with Gasteiger partial charge in [-0.2, -0.15) is 0 Å². The Morgan fingerprint density at radius 2 is 2.17 bits per heavy atom. The molecule has 0 aliphatic rings. The van der Waals surface area contributed by atoms with Crippen LogP contribution in [0, 0.1) is 6.92 Å². The summed E-state index contributed by atoms with van der Waals surface area (Å²) in [6, 6.07) is 9.45. The molecule has 0 fully saturated rings. The van der Waals surface area contributed by atoms with Crippen LogP contribution in [0.1, 0.15) is 19.1 Å². The number of aromatic nitrogens is 3. The average Bonchev–Trinajstić information content (AvgIpc) is 2.97. The number of fused-ring (bicyclic) bond motifs is 1. The van der Waals surface area contributed by atoms with Gasteiger partial charge in [-0.25, -0.2) is 9.97 Å². The molecule has 7 heteroatoms. The minimum atomic E-state index is -0.273. The summed E-state index contributed by atoms with van der Waals surface area (Å²) in [6.07, 6.45) is 2.20. The monoisotopic (exact) mass is 328 g/mol. The second-order valence-corrected chi connectivity index (χ2v) is 6.21. The van der Waals surface area contributed by atoms with E-state index in [2.05, 4.69) is 20.4 Å². The maximum Gasteiger partial charge on any atom is 0.239 e. The Bertz CT molecular complexity index is 828. The fourth-order valence-electron chi connectivity index (χ4n) is 2.16. The molecule has 1 amide bonds. The summed E-state index contributed by atoms with van der Waals surface area (Å²) in [5, 5.41) is 8.04. The van der Waals surface area contributed by atoms with Crippen LogP contribution in [0.5, 0.6) is 0 Å². The lowest BCUT2D eigenvalue weighted by molar-refractivity contribution is -0.115. The molecular formula is C16H16N4O2S. The maximum absolute atomic E-state index is 12.4. The van der Waals surface area contributed by atoms with E-state index < -0.39 is 0 Å². The number of carbonyl (C=O) groups is 1. The van der Waals surface area contributed by atoms with Crippen LogP contribution >= 0.6 is 11.8 Å². The molecule has 1 unspecified atom stereocenters. The topological polar surface area (TPSA) is 80.9 Å². The first kappa shape index (κ1) is 15.5. The van der Waals surface area contributed by atoms with E-state index in [1.54, 1.807) is 13.0 Å². The number of hydrogen-bond donors (Lipinski definition) is 1. The lowest BCUT2D eigenvalue weighted by Crippen LogP contribution is -2.24. The Morgan fingerprint density at radius 3 is 2.91 bits per heavy atom. The van der Waals surface area contributed by atoms with Gasteiger partial charge in [0.1, 0.15) is 17.1 Å². The van der Waals surface area contributed by atoms with Crippen LogP contribution in [0.25, 0.3) is 10.9 Å². The summed E-state index contributed by atoms with van der Waals surface area (Å²) in [7, 11) is 0. The van der Waals surface area contributed by atoms with Crippen molar-refractivity contribution in [3.05, 3.63) is 42.4 Å². The van der Waals surface area contributed by atoms with Crippen molar-refractivity contribution >= 4 is 34.4 Å². The summed E-state index contributed by atoms with van der Waals surface area (Å²) in [4.78, 5) is 21.0. The van der Waals surface area contributed by atoms with Crippen molar-refractivity contribution in [1.82, 2.24) is 15.1 Å². The Kier molecular flexibility index (Phi) is 4.57. The Hall–Kier alpha value is -2.41. The number of hydrogen-bond acceptors (Lipinski definition) is 6. The number of aryl methyl sites for hydroxylation is 1. The first-order valence-corrected chi connectivity index (χ1v) is 8.16. The molecule has 1 N–H and O–H groups in total. The summed E-state index contributed by atoms with van der Waals surface area (Å²) < 4.78 is 4.96. The molecular weight excluding hydrogens is 312 g/mol. The van der Waals surface area contributed by atoms with Crippen LogP contribution in [-0.4, -0.2) is 26.3 Å². The number of carbonyl (C=O) groups excluding carboxylic acids is 1. The highest BCUT2D eigenvalue weighted by Crippen LogP contribution is 2.29. The average molecular weight is 328 g/mol. The predicted octanol–water partition coefficient (Wildman–Crippen LogP) is 3.44. The van der Waals surface area contributed by atoms with Crippen molar-refractivity contribution < 1.29 is 9.32 Å². The zero-order valence-electron chi connectivity index (χ0n) is 12.8. The van der Waals surface area contributed by atoms with Crippen molar-refractivity contribution in [1.29, 1.82) is 0 Å². The SMILES string of the molecule is CCC(Sc1ncnc2ccccc12)C(=O)Nc1cc(C)on1. The molecule has 1 atom stereocenters. The van der Waals surface area contributed by atoms with Gasteiger partial charge in [-0.1, -0.05) is 42.0 Å². The van der Waals surface area contributed by atoms with Gasteiger partial charge in [-0.05, 0) is 19.4 Å². The Balaban J connectivity index is 1.79. The minimum absolute atomic E-state index is 0.117. The molecule has 2 heterocycles. The molecule has 118 valence electrons. The third kappa shape index (κ3) is 3.50. The summed E-state index contributed by atoms with van der Waals surface area (Å²) in [6.45, 7) is 3.75. The number of benzene rings is 1. The van der Waals surface area contributed by atoms with Crippen LogP contribution in [0.4, 0.5) is 5.82 Å². The lowest BCUT2D eigenvalue weighted by atomic mass is 10.2. The van der Waals surface area contributed by atoms with E-state index in [0.717, 1.165) is 15.9 Å². The number of nitrogens with zero attached hydrogens (tertiary/aromatic N) is 3. The number of amides is 1. The van der Waals surface area contributed by atoms with E-state index in [0.29, 0.717) is 18.0 Å². The van der Waals surface area contributed by atoms with E-state index in [1.807, 2.05) is 31.2 Å². The van der Waals surface area contributed by atoms with Crippen LogP contribution in [0.2, 0.25) is 0 Å². The van der Waals surface area contributed by atoms with Gasteiger partial charge in [0.05, 0.1) is 10.8 Å². The first-order valence-electron chi connectivity index (χ1n) is 7.28. The molecule has 1 aromatic carbocycles. The van der Waals surface area contributed by atoms with Gasteiger partial charge >= 0.3 is 0 Å².